The Hall–Kier alpha value is -5.58. The summed E-state index contributed by atoms with van der Waals surface area (Å²) in [7, 11) is 0. The molecule has 1 N–H and O–H groups in total. The van der Waals surface area contributed by atoms with E-state index in [2.05, 4.69) is 23.2 Å². The number of carbonyl (C=O) groups is 6. The first kappa shape index (κ1) is 29.0. The Morgan fingerprint density at radius 3 is 2.23 bits per heavy atom. The van der Waals surface area contributed by atoms with Gasteiger partial charge in [0.05, 0.1) is 17.7 Å². The summed E-state index contributed by atoms with van der Waals surface area (Å²) >= 11 is 0. The molecule has 0 aliphatic heterocycles. The van der Waals surface area contributed by atoms with Crippen LogP contribution in [-0.4, -0.2) is 42.7 Å². The van der Waals surface area contributed by atoms with Crippen LogP contribution in [0.2, 0.25) is 0 Å². The number of hydrogen-bond donors (Lipinski definition) is 1. The molecule has 11 heteroatoms. The zero-order valence-corrected chi connectivity index (χ0v) is 21.0. The Bertz CT molecular complexity index is 1510. The van der Waals surface area contributed by atoms with Gasteiger partial charge in [-0.3, -0.25) is 19.2 Å². The first-order chi connectivity index (χ1) is 19.2. The number of esters is 3. The molecule has 0 heterocycles. The third kappa shape index (κ3) is 8.21. The molecular weight excluding hydrogens is 522 g/mol. The highest BCUT2D eigenvalue weighted by Crippen LogP contribution is 2.30. The molecule has 3 rings (SSSR count). The van der Waals surface area contributed by atoms with Gasteiger partial charge in [-0.05, 0) is 53.2 Å². The van der Waals surface area contributed by atoms with Crippen molar-refractivity contribution in [3.8, 4) is 17.2 Å². The number of Topliss-reactive ketones (excluding diaryl/α,β-unsaturated/α-hetero) is 1. The molecule has 0 aliphatic rings. The zero-order valence-electron chi connectivity index (χ0n) is 21.0. The average molecular weight is 546 g/mol. The SMILES string of the molecule is C=CC(=O)Nc1cc(OC(=O)c2ccc3cc(OC(=O)CCC(=O)COC(=O)C=C)ccc3c2)ccc1OC=O. The minimum Gasteiger partial charge on any atom is -0.455 e. The van der Waals surface area contributed by atoms with E-state index in [9.17, 15) is 28.8 Å². The lowest BCUT2D eigenvalue weighted by atomic mass is 10.1. The maximum atomic E-state index is 12.8. The Kier molecular flexibility index (Phi) is 10.0. The van der Waals surface area contributed by atoms with Crippen LogP contribution in [-0.2, 0) is 28.7 Å². The van der Waals surface area contributed by atoms with E-state index in [0.29, 0.717) is 10.8 Å². The van der Waals surface area contributed by atoms with Crippen molar-refractivity contribution in [3.63, 3.8) is 0 Å². The Morgan fingerprint density at radius 1 is 0.800 bits per heavy atom. The van der Waals surface area contributed by atoms with E-state index in [4.69, 9.17) is 14.2 Å². The monoisotopic (exact) mass is 545 g/mol. The van der Waals surface area contributed by atoms with Crippen molar-refractivity contribution >= 4 is 52.5 Å². The minimum absolute atomic E-state index is 0.0489. The average Bonchev–Trinajstić information content (AvgIpc) is 2.95. The molecule has 0 fully saturated rings. The molecule has 40 heavy (non-hydrogen) atoms. The van der Waals surface area contributed by atoms with Crippen LogP contribution in [0.25, 0.3) is 10.8 Å². The lowest BCUT2D eigenvalue weighted by molar-refractivity contribution is -0.143. The summed E-state index contributed by atoms with van der Waals surface area (Å²) in [4.78, 5) is 70.0. The van der Waals surface area contributed by atoms with E-state index in [1.54, 1.807) is 24.3 Å². The fourth-order valence-corrected chi connectivity index (χ4v) is 3.30. The number of ketones is 1. The van der Waals surface area contributed by atoms with E-state index in [1.165, 1.54) is 30.3 Å². The molecule has 3 aromatic rings. The van der Waals surface area contributed by atoms with Gasteiger partial charge >= 0.3 is 17.9 Å². The van der Waals surface area contributed by atoms with Crippen molar-refractivity contribution in [2.45, 2.75) is 12.8 Å². The van der Waals surface area contributed by atoms with Gasteiger partial charge in [-0.15, -0.1) is 0 Å². The maximum absolute atomic E-state index is 12.8. The van der Waals surface area contributed by atoms with Crippen LogP contribution in [0.1, 0.15) is 23.2 Å². The molecule has 0 saturated heterocycles. The number of benzene rings is 3. The van der Waals surface area contributed by atoms with Gasteiger partial charge in [-0.1, -0.05) is 25.3 Å². The van der Waals surface area contributed by atoms with Gasteiger partial charge in [0.2, 0.25) is 5.91 Å². The fraction of sp³-hybridized carbons (Fsp3) is 0.103. The van der Waals surface area contributed by atoms with Crippen LogP contribution in [0.15, 0.2) is 79.9 Å². The van der Waals surface area contributed by atoms with Gasteiger partial charge in [0, 0.05) is 18.6 Å². The molecule has 204 valence electrons. The van der Waals surface area contributed by atoms with Gasteiger partial charge in [-0.25, -0.2) is 9.59 Å². The summed E-state index contributed by atoms with van der Waals surface area (Å²) in [5.74, 6) is -2.68. The molecular formula is C29H23NO10. The summed E-state index contributed by atoms with van der Waals surface area (Å²) in [5, 5.41) is 3.78. The van der Waals surface area contributed by atoms with Crippen molar-refractivity contribution in [1.29, 1.82) is 0 Å². The number of anilines is 1. The van der Waals surface area contributed by atoms with Crippen molar-refractivity contribution in [3.05, 3.63) is 85.5 Å². The van der Waals surface area contributed by atoms with Crippen molar-refractivity contribution in [2.24, 2.45) is 0 Å². The second-order valence-corrected chi connectivity index (χ2v) is 8.00. The number of carbonyl (C=O) groups excluding carboxylic acids is 6. The largest absolute Gasteiger partial charge is 0.455 e. The van der Waals surface area contributed by atoms with Gasteiger partial charge in [0.15, 0.2) is 11.5 Å². The van der Waals surface area contributed by atoms with Crippen LogP contribution in [0.3, 0.4) is 0 Å². The summed E-state index contributed by atoms with van der Waals surface area (Å²) in [6.07, 6.45) is 1.60. The molecule has 0 aliphatic carbocycles. The van der Waals surface area contributed by atoms with Crippen molar-refractivity contribution < 1.29 is 47.7 Å². The Morgan fingerprint density at radius 2 is 1.50 bits per heavy atom. The number of rotatable bonds is 13. The van der Waals surface area contributed by atoms with E-state index in [-0.39, 0.29) is 47.8 Å². The molecule has 0 atom stereocenters. The molecule has 0 bridgehead atoms. The second-order valence-electron chi connectivity index (χ2n) is 8.00. The number of fused-ring (bicyclic) bond motifs is 1. The van der Waals surface area contributed by atoms with E-state index >= 15 is 0 Å². The van der Waals surface area contributed by atoms with Crippen molar-refractivity contribution in [2.75, 3.05) is 11.9 Å². The van der Waals surface area contributed by atoms with Crippen LogP contribution in [0, 0.1) is 0 Å². The molecule has 3 aromatic carbocycles. The summed E-state index contributed by atoms with van der Waals surface area (Å²) in [6, 6.07) is 13.6. The molecule has 1 amide bonds. The number of nitrogens with one attached hydrogen (secondary N) is 1. The van der Waals surface area contributed by atoms with Gasteiger partial charge in [0.1, 0.15) is 18.1 Å². The molecule has 0 radical (unpaired) electrons. The third-order valence-corrected chi connectivity index (χ3v) is 5.21. The second kappa shape index (κ2) is 13.8. The molecule has 0 saturated carbocycles. The lowest BCUT2D eigenvalue weighted by Crippen LogP contribution is -2.15. The fourth-order valence-electron chi connectivity index (χ4n) is 3.30. The summed E-state index contributed by atoms with van der Waals surface area (Å²) in [6.45, 7) is 6.32. The van der Waals surface area contributed by atoms with E-state index < -0.39 is 36.2 Å². The highest BCUT2D eigenvalue weighted by atomic mass is 16.5. The Balaban J connectivity index is 1.64. The normalized spacial score (nSPS) is 10.1. The zero-order chi connectivity index (χ0) is 29.1. The van der Waals surface area contributed by atoms with Crippen LogP contribution >= 0.6 is 0 Å². The first-order valence-electron chi connectivity index (χ1n) is 11.7. The molecule has 0 spiro atoms. The molecule has 11 nitrogen and oxygen atoms in total. The van der Waals surface area contributed by atoms with E-state index in [1.807, 2.05) is 0 Å². The van der Waals surface area contributed by atoms with Gasteiger partial charge in [-0.2, -0.15) is 0 Å². The number of amides is 1. The predicted octanol–water partition coefficient (Wildman–Crippen LogP) is 3.70. The summed E-state index contributed by atoms with van der Waals surface area (Å²) < 4.78 is 20.1. The topological polar surface area (TPSA) is 151 Å². The highest BCUT2D eigenvalue weighted by molar-refractivity contribution is 6.00. The number of ether oxygens (including phenoxy) is 4. The van der Waals surface area contributed by atoms with E-state index in [0.717, 1.165) is 12.2 Å². The van der Waals surface area contributed by atoms with Crippen LogP contribution in [0.4, 0.5) is 5.69 Å². The number of hydrogen-bond acceptors (Lipinski definition) is 10. The predicted molar refractivity (Wildman–Crippen MR) is 142 cm³/mol. The summed E-state index contributed by atoms with van der Waals surface area (Å²) in [5.41, 5.74) is 0.321. The molecule has 0 aromatic heterocycles. The van der Waals surface area contributed by atoms with Crippen molar-refractivity contribution in [1.82, 2.24) is 0 Å². The quantitative estimate of drug-likeness (QED) is 0.146. The van der Waals surface area contributed by atoms with Crippen LogP contribution in [0.5, 0.6) is 17.2 Å². The third-order valence-electron chi connectivity index (χ3n) is 5.21. The molecule has 0 unspecified atom stereocenters. The van der Waals surface area contributed by atoms with Gasteiger partial charge in [0.25, 0.3) is 6.47 Å². The van der Waals surface area contributed by atoms with Gasteiger partial charge < -0.3 is 24.3 Å². The maximum Gasteiger partial charge on any atom is 0.343 e. The lowest BCUT2D eigenvalue weighted by Gasteiger charge is -2.11. The first-order valence-corrected chi connectivity index (χ1v) is 11.7. The minimum atomic E-state index is -0.730. The highest BCUT2D eigenvalue weighted by Gasteiger charge is 2.15. The Labute approximate surface area is 228 Å². The standard InChI is InChI=1S/C29H23NO10/c1-3-26(33)30-24-15-23(10-11-25(24)38-17-31)40-29(36)20-6-5-19-14-22(9-7-18(19)13-20)39-28(35)12-8-21(32)16-37-27(34)4-2/h3-7,9-11,13-15,17H,1-2,8,12,16H2,(H,30,33). The van der Waals surface area contributed by atoms with Crippen LogP contribution < -0.4 is 19.5 Å². The smallest absolute Gasteiger partial charge is 0.343 e.